The molecule has 1 unspecified atom stereocenters. The molecular weight excluding hydrogens is 460 g/mol. The third-order valence-corrected chi connectivity index (χ3v) is 7.91. The number of carbonyl (C=O) groups excluding carboxylic acids is 3. The highest BCUT2D eigenvalue weighted by molar-refractivity contribution is 5.99. The normalized spacial score (nSPS) is 32.2. The van der Waals surface area contributed by atoms with Crippen molar-refractivity contribution in [3.05, 3.63) is 24.3 Å². The molecule has 2 saturated heterocycles. The zero-order valence-electron chi connectivity index (χ0n) is 22.4. The molecule has 0 aromatic rings. The van der Waals surface area contributed by atoms with E-state index < -0.39 is 41.1 Å². The molecule has 2 fully saturated rings. The molecule has 1 spiro atoms. The zero-order valence-corrected chi connectivity index (χ0v) is 22.4. The minimum atomic E-state index is -1.21. The van der Waals surface area contributed by atoms with Gasteiger partial charge in [-0.1, -0.05) is 51.8 Å². The topological polar surface area (TPSA) is 96.4 Å². The van der Waals surface area contributed by atoms with Crippen molar-refractivity contribution >= 4 is 17.8 Å². The Morgan fingerprint density at radius 2 is 1.75 bits per heavy atom. The van der Waals surface area contributed by atoms with E-state index in [0.29, 0.717) is 25.9 Å². The molecule has 8 nitrogen and oxygen atoms in total. The number of rotatable bonds is 8. The minimum absolute atomic E-state index is 0.00349. The van der Waals surface area contributed by atoms with Gasteiger partial charge >= 0.3 is 5.97 Å². The molecule has 4 rings (SSSR count). The molecule has 0 saturated carbocycles. The molecule has 8 heteroatoms. The highest BCUT2D eigenvalue weighted by Crippen LogP contribution is 2.53. The summed E-state index contributed by atoms with van der Waals surface area (Å²) in [5.74, 6) is -2.36. The number of hydrogen-bond donors (Lipinski definition) is 1. The van der Waals surface area contributed by atoms with Gasteiger partial charge in [0.1, 0.15) is 24.2 Å². The predicted octanol–water partition coefficient (Wildman–Crippen LogP) is 2.85. The van der Waals surface area contributed by atoms with Crippen LogP contribution in [0, 0.1) is 17.3 Å². The first-order valence-electron chi connectivity index (χ1n) is 13.3. The molecule has 36 heavy (non-hydrogen) atoms. The fourth-order valence-electron chi connectivity index (χ4n) is 6.89. The molecule has 1 N–H and O–H groups in total. The second-order valence-corrected chi connectivity index (χ2v) is 12.5. The molecule has 200 valence electrons. The summed E-state index contributed by atoms with van der Waals surface area (Å²) in [6.45, 7) is 11.8. The summed E-state index contributed by atoms with van der Waals surface area (Å²) in [7, 11) is 0. The van der Waals surface area contributed by atoms with E-state index in [1.165, 1.54) is 0 Å². The van der Waals surface area contributed by atoms with E-state index in [0.717, 1.165) is 19.3 Å². The van der Waals surface area contributed by atoms with Gasteiger partial charge in [0.25, 0.3) is 0 Å². The van der Waals surface area contributed by atoms with Crippen molar-refractivity contribution in [2.24, 2.45) is 17.3 Å². The number of carbonyl (C=O) groups is 3. The van der Waals surface area contributed by atoms with Gasteiger partial charge < -0.3 is 24.4 Å². The molecular formula is C28H42N2O6. The second-order valence-electron chi connectivity index (χ2n) is 12.5. The van der Waals surface area contributed by atoms with Crippen LogP contribution >= 0.6 is 0 Å². The molecule has 4 aliphatic rings. The van der Waals surface area contributed by atoms with E-state index >= 15 is 0 Å². The highest BCUT2D eigenvalue weighted by atomic mass is 16.6. The van der Waals surface area contributed by atoms with Gasteiger partial charge in [-0.25, -0.2) is 0 Å². The third kappa shape index (κ3) is 4.74. The number of hydrogen-bond acceptors (Lipinski definition) is 6. The monoisotopic (exact) mass is 502 g/mol. The van der Waals surface area contributed by atoms with Crippen molar-refractivity contribution < 1.29 is 29.0 Å². The molecule has 0 radical (unpaired) electrons. The minimum Gasteiger partial charge on any atom is -0.461 e. The van der Waals surface area contributed by atoms with E-state index in [1.807, 2.05) is 17.1 Å². The van der Waals surface area contributed by atoms with Gasteiger partial charge in [0.05, 0.1) is 12.0 Å². The van der Waals surface area contributed by atoms with Crippen molar-refractivity contribution in [1.29, 1.82) is 0 Å². The number of aliphatic hydroxyl groups excluding tert-OH is 1. The first-order valence-corrected chi connectivity index (χ1v) is 13.3. The summed E-state index contributed by atoms with van der Waals surface area (Å²) in [5, 5.41) is 9.10. The number of esters is 1. The van der Waals surface area contributed by atoms with Gasteiger partial charge in [-0.3, -0.25) is 14.4 Å². The van der Waals surface area contributed by atoms with E-state index in [2.05, 4.69) is 34.6 Å². The average Bonchev–Trinajstić information content (AvgIpc) is 3.05. The Bertz CT molecular complexity index is 935. The maximum Gasteiger partial charge on any atom is 0.313 e. The van der Waals surface area contributed by atoms with E-state index in [4.69, 9.17) is 14.6 Å². The van der Waals surface area contributed by atoms with Crippen LogP contribution in [0.3, 0.4) is 0 Å². The van der Waals surface area contributed by atoms with Crippen LogP contribution in [0.5, 0.6) is 0 Å². The number of likely N-dealkylation sites (tertiary alicyclic amines) is 1. The van der Waals surface area contributed by atoms with Crippen LogP contribution in [0.25, 0.3) is 0 Å². The number of amides is 2. The lowest BCUT2D eigenvalue weighted by molar-refractivity contribution is -0.154. The first-order chi connectivity index (χ1) is 16.9. The van der Waals surface area contributed by atoms with Crippen molar-refractivity contribution in [2.75, 3.05) is 26.3 Å². The van der Waals surface area contributed by atoms with Crippen LogP contribution < -0.4 is 0 Å². The predicted molar refractivity (Wildman–Crippen MR) is 135 cm³/mol. The lowest BCUT2D eigenvalue weighted by Gasteiger charge is -2.44. The Labute approximate surface area is 214 Å². The van der Waals surface area contributed by atoms with Crippen LogP contribution in [0.4, 0.5) is 0 Å². The standard InChI is InChI=1S/C28H42N2O6/c1-26(2,3)18-27(4,5)30-15-11-13-28-21(20-19(36-28)12-10-17-35-25(20)34)23(32)29(22(28)24(30)33)14-8-6-7-9-16-31/h10-13,19-22,31H,6-9,14-18H2,1-5H3/t19-,20+,21-,22?,28-/m0/s1. The third-order valence-electron chi connectivity index (χ3n) is 7.91. The highest BCUT2D eigenvalue weighted by Gasteiger charge is 2.72. The lowest BCUT2D eigenvalue weighted by Crippen LogP contribution is -2.59. The van der Waals surface area contributed by atoms with Gasteiger partial charge in [-0.15, -0.1) is 0 Å². The van der Waals surface area contributed by atoms with Crippen LogP contribution in [0.2, 0.25) is 0 Å². The molecule has 0 bridgehead atoms. The lowest BCUT2D eigenvalue weighted by atomic mass is 9.77. The van der Waals surface area contributed by atoms with Crippen molar-refractivity contribution in [2.45, 2.75) is 90.0 Å². The second kappa shape index (κ2) is 9.93. The maximum absolute atomic E-state index is 14.4. The first kappa shape index (κ1) is 26.9. The van der Waals surface area contributed by atoms with E-state index in [-0.39, 0.29) is 30.4 Å². The van der Waals surface area contributed by atoms with Crippen molar-refractivity contribution in [1.82, 2.24) is 9.80 Å². The van der Waals surface area contributed by atoms with Crippen LogP contribution in [0.1, 0.15) is 66.7 Å². The number of fused-ring (bicyclic) bond motifs is 2. The molecule has 4 aliphatic heterocycles. The number of unbranched alkanes of at least 4 members (excludes halogenated alkanes) is 3. The van der Waals surface area contributed by atoms with Crippen molar-refractivity contribution in [3.8, 4) is 0 Å². The number of cyclic esters (lactones) is 1. The van der Waals surface area contributed by atoms with E-state index in [9.17, 15) is 14.4 Å². The summed E-state index contributed by atoms with van der Waals surface area (Å²) in [6, 6.07) is -0.834. The quantitative estimate of drug-likeness (QED) is 0.312. The zero-order chi connectivity index (χ0) is 26.3. The fourth-order valence-corrected chi connectivity index (χ4v) is 6.89. The van der Waals surface area contributed by atoms with Gasteiger partial charge in [-0.05, 0) is 44.6 Å². The Balaban J connectivity index is 1.72. The Hall–Kier alpha value is -2.19. The Morgan fingerprint density at radius 1 is 1.03 bits per heavy atom. The van der Waals surface area contributed by atoms with Gasteiger partial charge in [0.2, 0.25) is 11.8 Å². The summed E-state index contributed by atoms with van der Waals surface area (Å²) in [5.41, 5.74) is -1.65. The summed E-state index contributed by atoms with van der Waals surface area (Å²) < 4.78 is 12.0. The van der Waals surface area contributed by atoms with Crippen LogP contribution in [-0.4, -0.2) is 82.3 Å². The SMILES string of the molecule is CC(C)(C)CC(C)(C)N1CC=C[C@]23O[C@H]4C=CCOC(=O)[C@H]4[C@H]2C(=O)N(CCCCCCO)C3C1=O. The number of aliphatic hydroxyl groups is 1. The molecule has 4 heterocycles. The summed E-state index contributed by atoms with van der Waals surface area (Å²) >= 11 is 0. The average molecular weight is 503 g/mol. The summed E-state index contributed by atoms with van der Waals surface area (Å²) in [6.07, 6.45) is 10.7. The van der Waals surface area contributed by atoms with Gasteiger partial charge in [0, 0.05) is 25.2 Å². The van der Waals surface area contributed by atoms with Gasteiger partial charge in [-0.2, -0.15) is 0 Å². The molecule has 0 aromatic heterocycles. The van der Waals surface area contributed by atoms with E-state index in [1.54, 1.807) is 17.1 Å². The largest absolute Gasteiger partial charge is 0.461 e. The van der Waals surface area contributed by atoms with Crippen LogP contribution in [0.15, 0.2) is 24.3 Å². The smallest absolute Gasteiger partial charge is 0.313 e. The maximum atomic E-state index is 14.4. The molecule has 5 atom stereocenters. The summed E-state index contributed by atoms with van der Waals surface area (Å²) in [4.78, 5) is 44.9. The molecule has 0 aliphatic carbocycles. The van der Waals surface area contributed by atoms with Crippen molar-refractivity contribution in [3.63, 3.8) is 0 Å². The molecule has 0 aromatic carbocycles. The fraction of sp³-hybridized carbons (Fsp3) is 0.750. The number of ether oxygens (including phenoxy) is 2. The Morgan fingerprint density at radius 3 is 2.44 bits per heavy atom. The number of nitrogens with zero attached hydrogens (tertiary/aromatic N) is 2. The van der Waals surface area contributed by atoms with Crippen LogP contribution in [-0.2, 0) is 23.9 Å². The molecule has 2 amide bonds. The van der Waals surface area contributed by atoms with Gasteiger partial charge in [0.15, 0.2) is 0 Å². The Kier molecular flexibility index (Phi) is 7.41.